The first kappa shape index (κ1) is 20.6. The van der Waals surface area contributed by atoms with Gasteiger partial charge in [-0.15, -0.1) is 0 Å². The highest BCUT2D eigenvalue weighted by Crippen LogP contribution is 2.48. The lowest BCUT2D eigenvalue weighted by Crippen LogP contribution is -2.59. The zero-order chi connectivity index (χ0) is 17.9. The second-order valence-corrected chi connectivity index (χ2v) is 4.27. The Balaban J connectivity index is 4.90. The summed E-state index contributed by atoms with van der Waals surface area (Å²) in [5.74, 6) is -19.4. The minimum absolute atomic E-state index is 0.170. The molecule has 0 amide bonds. The molecule has 0 saturated heterocycles. The molecule has 0 radical (unpaired) electrons. The van der Waals surface area contributed by atoms with Gasteiger partial charge in [-0.25, -0.2) is 13.6 Å². The predicted octanol–water partition coefficient (Wildman–Crippen LogP) is 3.64. The smallest absolute Gasteiger partial charge is 0.380 e. The largest absolute Gasteiger partial charge is 0.433 e. The van der Waals surface area contributed by atoms with Gasteiger partial charge in [-0.1, -0.05) is 6.58 Å². The molecule has 0 aromatic rings. The van der Waals surface area contributed by atoms with E-state index in [0.29, 0.717) is 0 Å². The van der Waals surface area contributed by atoms with E-state index in [-0.39, 0.29) is 5.57 Å². The number of ether oxygens (including phenoxy) is 2. The molecule has 0 aliphatic heterocycles. The first-order chi connectivity index (χ1) is 9.66. The number of rotatable bonds is 8. The fourth-order valence-corrected chi connectivity index (χ4v) is 0.979. The van der Waals surface area contributed by atoms with E-state index in [1.165, 1.54) is 6.92 Å². The van der Waals surface area contributed by atoms with Crippen LogP contribution in [0.2, 0.25) is 0 Å². The SMILES string of the molecule is C=C(C)C(=O)OC(C)OCC(F)(F)C(F)(F)C(F)(F)C(F)F. The minimum atomic E-state index is -6.37. The van der Waals surface area contributed by atoms with E-state index in [0.717, 1.165) is 6.92 Å². The van der Waals surface area contributed by atoms with Crippen molar-refractivity contribution in [2.45, 2.75) is 44.3 Å². The molecule has 3 nitrogen and oxygen atoms in total. The molecule has 0 heterocycles. The summed E-state index contributed by atoms with van der Waals surface area (Å²) in [6, 6.07) is 0. The molecule has 0 spiro atoms. The fraction of sp³-hybridized carbons (Fsp3) is 0.727. The van der Waals surface area contributed by atoms with Crippen LogP contribution < -0.4 is 0 Å². The molecule has 1 unspecified atom stereocenters. The molecular formula is C11H12F8O3. The Morgan fingerprint density at radius 3 is 1.95 bits per heavy atom. The van der Waals surface area contributed by atoms with Gasteiger partial charge in [0, 0.05) is 5.57 Å². The molecule has 0 rings (SSSR count). The van der Waals surface area contributed by atoms with E-state index in [1.807, 2.05) is 0 Å². The molecule has 0 aliphatic rings. The van der Waals surface area contributed by atoms with Crippen LogP contribution >= 0.6 is 0 Å². The van der Waals surface area contributed by atoms with E-state index >= 15 is 0 Å². The zero-order valence-electron chi connectivity index (χ0n) is 11.3. The zero-order valence-corrected chi connectivity index (χ0v) is 11.3. The van der Waals surface area contributed by atoms with Crippen molar-refractivity contribution >= 4 is 5.97 Å². The van der Waals surface area contributed by atoms with Gasteiger partial charge in [0.05, 0.1) is 0 Å². The Hall–Kier alpha value is -1.39. The lowest BCUT2D eigenvalue weighted by Gasteiger charge is -2.32. The van der Waals surface area contributed by atoms with Gasteiger partial charge in [0.1, 0.15) is 6.61 Å². The predicted molar refractivity (Wildman–Crippen MR) is 57.2 cm³/mol. The van der Waals surface area contributed by atoms with E-state index in [9.17, 15) is 39.9 Å². The van der Waals surface area contributed by atoms with Crippen molar-refractivity contribution < 1.29 is 49.4 Å². The number of halogens is 8. The van der Waals surface area contributed by atoms with Crippen molar-refractivity contribution in [3.8, 4) is 0 Å². The van der Waals surface area contributed by atoms with Gasteiger partial charge in [-0.05, 0) is 13.8 Å². The molecule has 0 saturated carbocycles. The van der Waals surface area contributed by atoms with Crippen molar-refractivity contribution in [3.63, 3.8) is 0 Å². The summed E-state index contributed by atoms with van der Waals surface area (Å²) < 4.78 is 109. The molecule has 0 N–H and O–H groups in total. The van der Waals surface area contributed by atoms with Crippen LogP contribution in [-0.4, -0.2) is 43.1 Å². The molecule has 22 heavy (non-hydrogen) atoms. The molecule has 11 heteroatoms. The van der Waals surface area contributed by atoms with Gasteiger partial charge >= 0.3 is 30.2 Å². The van der Waals surface area contributed by atoms with Crippen LogP contribution in [0.5, 0.6) is 0 Å². The third-order valence-electron chi connectivity index (χ3n) is 2.27. The van der Waals surface area contributed by atoms with Crippen LogP contribution in [0.1, 0.15) is 13.8 Å². The number of carbonyl (C=O) groups is 1. The number of alkyl halides is 8. The molecular weight excluding hydrogens is 332 g/mol. The Bertz CT molecular complexity index is 422. The summed E-state index contributed by atoms with van der Waals surface area (Å²) >= 11 is 0. The van der Waals surface area contributed by atoms with Crippen molar-refractivity contribution in [2.24, 2.45) is 0 Å². The number of hydrogen-bond acceptors (Lipinski definition) is 3. The quantitative estimate of drug-likeness (QED) is 0.292. The second-order valence-electron chi connectivity index (χ2n) is 4.27. The molecule has 0 aromatic carbocycles. The molecule has 0 aliphatic carbocycles. The Morgan fingerprint density at radius 1 is 1.14 bits per heavy atom. The van der Waals surface area contributed by atoms with Crippen LogP contribution in [0.15, 0.2) is 12.2 Å². The van der Waals surface area contributed by atoms with Crippen LogP contribution in [0.3, 0.4) is 0 Å². The van der Waals surface area contributed by atoms with Crippen molar-refractivity contribution in [1.82, 2.24) is 0 Å². The van der Waals surface area contributed by atoms with Gasteiger partial charge < -0.3 is 9.47 Å². The highest BCUT2D eigenvalue weighted by molar-refractivity contribution is 5.86. The molecule has 0 aromatic heterocycles. The van der Waals surface area contributed by atoms with Crippen molar-refractivity contribution in [1.29, 1.82) is 0 Å². The Kier molecular flexibility index (Phi) is 6.37. The average Bonchev–Trinajstić information content (AvgIpc) is 2.35. The number of hydrogen-bond donors (Lipinski definition) is 0. The van der Waals surface area contributed by atoms with Gasteiger partial charge in [-0.3, -0.25) is 0 Å². The van der Waals surface area contributed by atoms with E-state index < -0.39 is 43.1 Å². The van der Waals surface area contributed by atoms with Gasteiger partial charge in [0.2, 0.25) is 6.29 Å². The normalized spacial score (nSPS) is 14.9. The summed E-state index contributed by atoms with van der Waals surface area (Å²) in [4.78, 5) is 11.0. The van der Waals surface area contributed by atoms with Gasteiger partial charge in [0.25, 0.3) is 0 Å². The maximum absolute atomic E-state index is 13.1. The summed E-state index contributed by atoms with van der Waals surface area (Å²) in [5, 5.41) is 0. The highest BCUT2D eigenvalue weighted by Gasteiger charge is 2.75. The van der Waals surface area contributed by atoms with Gasteiger partial charge in [0.15, 0.2) is 0 Å². The highest BCUT2D eigenvalue weighted by atomic mass is 19.4. The van der Waals surface area contributed by atoms with E-state index in [4.69, 9.17) is 0 Å². The van der Waals surface area contributed by atoms with Crippen LogP contribution in [0.4, 0.5) is 35.1 Å². The summed E-state index contributed by atoms with van der Waals surface area (Å²) in [5.41, 5.74) is -0.170. The summed E-state index contributed by atoms with van der Waals surface area (Å²) in [7, 11) is 0. The monoisotopic (exact) mass is 344 g/mol. The second kappa shape index (κ2) is 6.80. The average molecular weight is 344 g/mol. The molecule has 1 atom stereocenters. The summed E-state index contributed by atoms with van der Waals surface area (Å²) in [6.45, 7) is 2.77. The van der Waals surface area contributed by atoms with Crippen LogP contribution in [0, 0.1) is 0 Å². The number of carbonyl (C=O) groups excluding carboxylic acids is 1. The van der Waals surface area contributed by atoms with Crippen molar-refractivity contribution in [2.75, 3.05) is 6.61 Å². The van der Waals surface area contributed by atoms with Gasteiger partial charge in [-0.2, -0.15) is 26.3 Å². The lowest BCUT2D eigenvalue weighted by atomic mass is 10.1. The third-order valence-corrected chi connectivity index (χ3v) is 2.27. The Labute approximate surface area is 119 Å². The van der Waals surface area contributed by atoms with Crippen LogP contribution in [-0.2, 0) is 14.3 Å². The maximum atomic E-state index is 13.1. The number of esters is 1. The summed E-state index contributed by atoms with van der Waals surface area (Å²) in [6.07, 6.45) is -6.82. The molecule has 0 fully saturated rings. The van der Waals surface area contributed by atoms with E-state index in [1.54, 1.807) is 0 Å². The molecule has 0 bridgehead atoms. The van der Waals surface area contributed by atoms with Crippen molar-refractivity contribution in [3.05, 3.63) is 12.2 Å². The van der Waals surface area contributed by atoms with E-state index in [2.05, 4.69) is 16.1 Å². The first-order valence-electron chi connectivity index (χ1n) is 5.56. The van der Waals surface area contributed by atoms with Crippen LogP contribution in [0.25, 0.3) is 0 Å². The Morgan fingerprint density at radius 2 is 1.59 bits per heavy atom. The first-order valence-corrected chi connectivity index (χ1v) is 5.56. The fourth-order valence-electron chi connectivity index (χ4n) is 0.979. The minimum Gasteiger partial charge on any atom is -0.433 e. The molecule has 130 valence electrons. The standard InChI is InChI=1S/C11H12F8O3/c1-5(2)7(20)22-6(3)21-4-9(14,15)11(18,19)10(16,17)8(12)13/h6,8H,1,4H2,2-3H3. The third kappa shape index (κ3) is 4.31. The maximum Gasteiger partial charge on any atom is 0.380 e. The lowest BCUT2D eigenvalue weighted by molar-refractivity contribution is -0.350. The topological polar surface area (TPSA) is 35.5 Å².